The van der Waals surface area contributed by atoms with Gasteiger partial charge in [-0.15, -0.1) is 0 Å². The highest BCUT2D eigenvalue weighted by molar-refractivity contribution is 6.04. The van der Waals surface area contributed by atoms with E-state index in [0.29, 0.717) is 6.42 Å². The van der Waals surface area contributed by atoms with Crippen molar-refractivity contribution in [3.05, 3.63) is 0 Å². The Kier molecular flexibility index (Phi) is 4.84. The van der Waals surface area contributed by atoms with Gasteiger partial charge in [0.25, 0.3) is 0 Å². The van der Waals surface area contributed by atoms with Crippen molar-refractivity contribution in [2.75, 3.05) is 6.54 Å². The molecule has 1 rings (SSSR count). The van der Waals surface area contributed by atoms with Crippen LogP contribution in [0, 0.1) is 5.92 Å². The van der Waals surface area contributed by atoms with Crippen molar-refractivity contribution in [1.82, 2.24) is 10.2 Å². The smallest absolute Gasteiger partial charge is 0.249 e. The summed E-state index contributed by atoms with van der Waals surface area (Å²) in [6.07, 6.45) is 1.25. The molecule has 3 amide bonds. The highest BCUT2D eigenvalue weighted by Crippen LogP contribution is 2.14. The second-order valence-corrected chi connectivity index (χ2v) is 4.71. The van der Waals surface area contributed by atoms with Crippen LogP contribution in [0.15, 0.2) is 0 Å². The normalized spacial score (nSPS) is 23.6. The highest BCUT2D eigenvalue weighted by Gasteiger charge is 2.38. The molecule has 1 unspecified atom stereocenters. The Hall–Kier alpha value is -1.43. The summed E-state index contributed by atoms with van der Waals surface area (Å²) in [6.45, 7) is 5.54. The molecule has 0 spiro atoms. The fourth-order valence-electron chi connectivity index (χ4n) is 1.99. The fourth-order valence-corrected chi connectivity index (χ4v) is 1.99. The van der Waals surface area contributed by atoms with E-state index in [1.54, 1.807) is 6.92 Å². The van der Waals surface area contributed by atoms with Crippen LogP contribution in [0.2, 0.25) is 0 Å². The van der Waals surface area contributed by atoms with Crippen molar-refractivity contribution in [3.8, 4) is 0 Å². The first-order valence-electron chi connectivity index (χ1n) is 6.32. The lowest BCUT2D eigenvalue weighted by Crippen LogP contribution is -2.62. The van der Waals surface area contributed by atoms with Gasteiger partial charge in [0.2, 0.25) is 17.7 Å². The second kappa shape index (κ2) is 5.95. The molecule has 18 heavy (non-hydrogen) atoms. The number of hydrogen-bond donors (Lipinski definition) is 2. The number of amides is 3. The van der Waals surface area contributed by atoms with E-state index in [4.69, 9.17) is 5.73 Å². The summed E-state index contributed by atoms with van der Waals surface area (Å²) >= 11 is 0. The SMILES string of the molecule is CCC1C(=O)NC(=O)CN1C(=O)[C@@H](N)[C@@H](C)CC. The monoisotopic (exact) mass is 255 g/mol. The van der Waals surface area contributed by atoms with Crippen molar-refractivity contribution in [1.29, 1.82) is 0 Å². The molecule has 0 aromatic rings. The van der Waals surface area contributed by atoms with Gasteiger partial charge in [0.05, 0.1) is 6.04 Å². The topological polar surface area (TPSA) is 92.5 Å². The molecule has 0 bridgehead atoms. The highest BCUT2D eigenvalue weighted by atomic mass is 16.2. The Morgan fingerprint density at radius 3 is 2.61 bits per heavy atom. The van der Waals surface area contributed by atoms with Gasteiger partial charge in [-0.2, -0.15) is 0 Å². The van der Waals surface area contributed by atoms with Crippen LogP contribution < -0.4 is 11.1 Å². The Morgan fingerprint density at radius 2 is 2.11 bits per heavy atom. The molecule has 1 heterocycles. The van der Waals surface area contributed by atoms with E-state index < -0.39 is 23.9 Å². The number of hydrogen-bond acceptors (Lipinski definition) is 4. The maximum absolute atomic E-state index is 12.2. The number of carbonyl (C=O) groups is 3. The number of nitrogens with one attached hydrogen (secondary N) is 1. The van der Waals surface area contributed by atoms with Crippen molar-refractivity contribution < 1.29 is 14.4 Å². The first kappa shape index (κ1) is 14.6. The zero-order valence-corrected chi connectivity index (χ0v) is 11.1. The van der Waals surface area contributed by atoms with Gasteiger partial charge in [-0.25, -0.2) is 0 Å². The van der Waals surface area contributed by atoms with Gasteiger partial charge in [-0.3, -0.25) is 19.7 Å². The van der Waals surface area contributed by atoms with Crippen LogP contribution in [-0.2, 0) is 14.4 Å². The van der Waals surface area contributed by atoms with E-state index in [-0.39, 0.29) is 18.4 Å². The quantitative estimate of drug-likeness (QED) is 0.670. The van der Waals surface area contributed by atoms with Crippen molar-refractivity contribution in [3.63, 3.8) is 0 Å². The van der Waals surface area contributed by atoms with Gasteiger partial charge in [0, 0.05) is 0 Å². The number of carbonyl (C=O) groups excluding carboxylic acids is 3. The van der Waals surface area contributed by atoms with Gasteiger partial charge in [0.15, 0.2) is 0 Å². The van der Waals surface area contributed by atoms with Crippen LogP contribution in [-0.4, -0.2) is 41.2 Å². The molecule has 3 atom stereocenters. The predicted octanol–water partition coefficient (Wildman–Crippen LogP) is -0.377. The Morgan fingerprint density at radius 1 is 1.50 bits per heavy atom. The summed E-state index contributed by atoms with van der Waals surface area (Å²) in [4.78, 5) is 36.5. The molecule has 0 aliphatic carbocycles. The van der Waals surface area contributed by atoms with Crippen LogP contribution in [0.3, 0.4) is 0 Å². The molecule has 0 aromatic carbocycles. The number of imide groups is 1. The molecule has 102 valence electrons. The average molecular weight is 255 g/mol. The third kappa shape index (κ3) is 2.87. The minimum Gasteiger partial charge on any atom is -0.320 e. The van der Waals surface area contributed by atoms with Gasteiger partial charge >= 0.3 is 0 Å². The number of nitrogens with two attached hydrogens (primary N) is 1. The maximum atomic E-state index is 12.2. The minimum atomic E-state index is -0.664. The first-order valence-corrected chi connectivity index (χ1v) is 6.32. The average Bonchev–Trinajstić information content (AvgIpc) is 2.35. The lowest BCUT2D eigenvalue weighted by Gasteiger charge is -2.35. The van der Waals surface area contributed by atoms with Crippen molar-refractivity contribution in [2.24, 2.45) is 11.7 Å². The summed E-state index contributed by atoms with van der Waals surface area (Å²) in [5.41, 5.74) is 5.88. The molecule has 3 N–H and O–H groups in total. The lowest BCUT2D eigenvalue weighted by molar-refractivity contribution is -0.151. The predicted molar refractivity (Wildman–Crippen MR) is 66.4 cm³/mol. The summed E-state index contributed by atoms with van der Waals surface area (Å²) in [5, 5.41) is 2.23. The molecule has 1 aliphatic heterocycles. The largest absolute Gasteiger partial charge is 0.320 e. The van der Waals surface area contributed by atoms with Crippen LogP contribution in [0.1, 0.15) is 33.6 Å². The summed E-state index contributed by atoms with van der Waals surface area (Å²) in [5.74, 6) is -1.16. The van der Waals surface area contributed by atoms with E-state index in [1.165, 1.54) is 4.90 Å². The van der Waals surface area contributed by atoms with Gasteiger partial charge in [-0.1, -0.05) is 27.2 Å². The van der Waals surface area contributed by atoms with E-state index in [9.17, 15) is 14.4 Å². The molecule has 6 heteroatoms. The van der Waals surface area contributed by atoms with Crippen LogP contribution in [0.25, 0.3) is 0 Å². The molecular formula is C12H21N3O3. The van der Waals surface area contributed by atoms with E-state index >= 15 is 0 Å². The Balaban J connectivity index is 2.87. The molecule has 0 radical (unpaired) electrons. The Bertz CT molecular complexity index is 356. The zero-order valence-electron chi connectivity index (χ0n) is 11.1. The Labute approximate surface area is 107 Å². The van der Waals surface area contributed by atoms with Crippen molar-refractivity contribution >= 4 is 17.7 Å². The summed E-state index contributed by atoms with van der Waals surface area (Å²) < 4.78 is 0. The summed E-state index contributed by atoms with van der Waals surface area (Å²) in [6, 6.07) is -1.26. The van der Waals surface area contributed by atoms with Gasteiger partial charge in [0.1, 0.15) is 12.6 Å². The standard InChI is InChI=1S/C12H21N3O3/c1-4-7(3)10(13)12(18)15-6-9(16)14-11(17)8(15)5-2/h7-8,10H,4-6,13H2,1-3H3,(H,14,16,17)/t7-,8?,10-/m0/s1. The molecule has 1 fully saturated rings. The number of piperazine rings is 1. The first-order chi connectivity index (χ1) is 8.42. The molecule has 0 saturated carbocycles. The molecule has 1 aliphatic rings. The molecule has 0 aromatic heterocycles. The molecule has 6 nitrogen and oxygen atoms in total. The second-order valence-electron chi connectivity index (χ2n) is 4.71. The van der Waals surface area contributed by atoms with Crippen LogP contribution in [0.5, 0.6) is 0 Å². The third-order valence-corrected chi connectivity index (χ3v) is 3.47. The maximum Gasteiger partial charge on any atom is 0.249 e. The van der Waals surface area contributed by atoms with E-state index in [2.05, 4.69) is 5.32 Å². The van der Waals surface area contributed by atoms with E-state index in [0.717, 1.165) is 6.42 Å². The number of rotatable bonds is 4. The van der Waals surface area contributed by atoms with E-state index in [1.807, 2.05) is 13.8 Å². The van der Waals surface area contributed by atoms with Gasteiger partial charge in [-0.05, 0) is 12.3 Å². The minimum absolute atomic E-state index is 0.0232. The third-order valence-electron chi connectivity index (χ3n) is 3.47. The summed E-state index contributed by atoms with van der Waals surface area (Å²) in [7, 11) is 0. The zero-order chi connectivity index (χ0) is 13.9. The van der Waals surface area contributed by atoms with Crippen molar-refractivity contribution in [2.45, 2.75) is 45.7 Å². The fraction of sp³-hybridized carbons (Fsp3) is 0.750. The van der Waals surface area contributed by atoms with Crippen LogP contribution >= 0.6 is 0 Å². The van der Waals surface area contributed by atoms with Gasteiger partial charge < -0.3 is 10.6 Å². The lowest BCUT2D eigenvalue weighted by atomic mass is 9.97. The molecule has 1 saturated heterocycles. The molecular weight excluding hydrogens is 234 g/mol. The van der Waals surface area contributed by atoms with Crippen LogP contribution in [0.4, 0.5) is 0 Å². The number of nitrogens with zero attached hydrogens (tertiary/aromatic N) is 1.